The maximum Gasteiger partial charge on any atom is 0.303 e. The molecule has 0 bridgehead atoms. The largest absolute Gasteiger partial charge is 0.481 e. The predicted octanol–water partition coefficient (Wildman–Crippen LogP) is 5.51. The summed E-state index contributed by atoms with van der Waals surface area (Å²) in [7, 11) is -4.20. The zero-order chi connectivity index (χ0) is 19.9. The number of benzene rings is 1. The van der Waals surface area contributed by atoms with Gasteiger partial charge < -0.3 is 5.11 Å². The summed E-state index contributed by atoms with van der Waals surface area (Å²) in [6.07, 6.45) is 10.5. The van der Waals surface area contributed by atoms with E-state index < -0.39 is 16.1 Å². The highest BCUT2D eigenvalue weighted by Crippen LogP contribution is 2.44. The van der Waals surface area contributed by atoms with Gasteiger partial charge in [0.1, 0.15) is 0 Å². The first kappa shape index (κ1) is 21.9. The summed E-state index contributed by atoms with van der Waals surface area (Å²) in [5, 5.41) is 8.79. The van der Waals surface area contributed by atoms with Gasteiger partial charge in [-0.15, -0.1) is 0 Å². The summed E-state index contributed by atoms with van der Waals surface area (Å²) in [5.74, 6) is -0.0751. The van der Waals surface area contributed by atoms with Crippen LogP contribution < -0.4 is 0 Å². The summed E-state index contributed by atoms with van der Waals surface area (Å²) >= 11 is 0. The number of rotatable bonds is 11. The first-order chi connectivity index (χ1) is 12.8. The monoisotopic (exact) mass is 396 g/mol. The van der Waals surface area contributed by atoms with E-state index in [1.807, 2.05) is 6.07 Å². The molecule has 1 aromatic rings. The molecule has 27 heavy (non-hydrogen) atoms. The highest BCUT2D eigenvalue weighted by Gasteiger charge is 2.28. The van der Waals surface area contributed by atoms with Gasteiger partial charge in [0.2, 0.25) is 0 Å². The number of carboxylic acids is 1. The Bertz CT molecular complexity index is 726. The Morgan fingerprint density at radius 2 is 1.63 bits per heavy atom. The second-order valence-electron chi connectivity index (χ2n) is 7.73. The summed E-state index contributed by atoms with van der Waals surface area (Å²) in [5.41, 5.74) is 2.25. The SMILES string of the molecule is CCCCCCC1CCC(CCCCC(=O)O)c2ccc(S(=O)(=O)O)cc21. The van der Waals surface area contributed by atoms with Gasteiger partial charge in [0, 0.05) is 6.42 Å². The topological polar surface area (TPSA) is 91.7 Å². The molecular weight excluding hydrogens is 364 g/mol. The van der Waals surface area contributed by atoms with Crippen LogP contribution in [0.4, 0.5) is 0 Å². The van der Waals surface area contributed by atoms with E-state index in [-0.39, 0.29) is 11.3 Å². The molecule has 2 N–H and O–H groups in total. The molecule has 6 heteroatoms. The van der Waals surface area contributed by atoms with E-state index >= 15 is 0 Å². The van der Waals surface area contributed by atoms with E-state index in [0.29, 0.717) is 18.3 Å². The zero-order valence-corrected chi connectivity index (χ0v) is 17.0. The summed E-state index contributed by atoms with van der Waals surface area (Å²) in [6, 6.07) is 5.02. The molecule has 0 radical (unpaired) electrons. The van der Waals surface area contributed by atoms with Crippen LogP contribution in [0.25, 0.3) is 0 Å². The number of aliphatic carboxylic acids is 1. The van der Waals surface area contributed by atoms with Crippen molar-refractivity contribution in [1.82, 2.24) is 0 Å². The van der Waals surface area contributed by atoms with Crippen molar-refractivity contribution in [1.29, 1.82) is 0 Å². The van der Waals surface area contributed by atoms with Crippen LogP contribution >= 0.6 is 0 Å². The van der Waals surface area contributed by atoms with Gasteiger partial charge in [0.15, 0.2) is 0 Å². The minimum absolute atomic E-state index is 0.0219. The van der Waals surface area contributed by atoms with E-state index in [4.69, 9.17) is 5.11 Å². The molecule has 1 aliphatic carbocycles. The third-order valence-corrected chi connectivity index (χ3v) is 6.55. The molecule has 0 aromatic heterocycles. The maximum absolute atomic E-state index is 11.6. The van der Waals surface area contributed by atoms with Crippen LogP contribution in [0.2, 0.25) is 0 Å². The van der Waals surface area contributed by atoms with Crippen LogP contribution in [0, 0.1) is 0 Å². The second kappa shape index (κ2) is 10.2. The Balaban J connectivity index is 2.15. The van der Waals surface area contributed by atoms with Crippen molar-refractivity contribution < 1.29 is 22.9 Å². The number of fused-ring (bicyclic) bond motifs is 1. The molecule has 2 atom stereocenters. The van der Waals surface area contributed by atoms with Gasteiger partial charge in [-0.2, -0.15) is 8.42 Å². The Morgan fingerprint density at radius 1 is 1.00 bits per heavy atom. The molecule has 0 aliphatic heterocycles. The lowest BCUT2D eigenvalue weighted by atomic mass is 9.73. The van der Waals surface area contributed by atoms with Crippen LogP contribution in [0.5, 0.6) is 0 Å². The summed E-state index contributed by atoms with van der Waals surface area (Å²) in [6.45, 7) is 2.18. The standard InChI is InChI=1S/C21H32O5S/c1-2-3-4-5-8-17-12-11-16(9-6-7-10-21(22)23)19-14-13-18(15-20(17)19)27(24,25)26/h13-17H,2-12H2,1H3,(H,22,23)(H,24,25,26). The third-order valence-electron chi connectivity index (χ3n) is 5.70. The zero-order valence-electron chi connectivity index (χ0n) is 16.2. The average Bonchev–Trinajstić information content (AvgIpc) is 2.62. The van der Waals surface area contributed by atoms with Gasteiger partial charge >= 0.3 is 5.97 Å². The number of hydrogen-bond acceptors (Lipinski definition) is 3. The quantitative estimate of drug-likeness (QED) is 0.380. The average molecular weight is 397 g/mol. The second-order valence-corrected chi connectivity index (χ2v) is 9.15. The van der Waals surface area contributed by atoms with Crippen molar-refractivity contribution in [2.75, 3.05) is 0 Å². The fraction of sp³-hybridized carbons (Fsp3) is 0.667. The van der Waals surface area contributed by atoms with E-state index in [9.17, 15) is 17.8 Å². The Labute approximate surface area is 162 Å². The van der Waals surface area contributed by atoms with Crippen LogP contribution in [-0.2, 0) is 14.9 Å². The lowest BCUT2D eigenvalue weighted by Crippen LogP contribution is -2.16. The van der Waals surface area contributed by atoms with Crippen molar-refractivity contribution in [2.45, 2.75) is 94.3 Å². The fourth-order valence-electron chi connectivity index (χ4n) is 4.24. The van der Waals surface area contributed by atoms with Crippen molar-refractivity contribution in [3.05, 3.63) is 29.3 Å². The fourth-order valence-corrected chi connectivity index (χ4v) is 4.75. The number of carboxylic acid groups (broad SMARTS) is 1. The molecule has 0 saturated carbocycles. The van der Waals surface area contributed by atoms with Gasteiger partial charge in [-0.3, -0.25) is 9.35 Å². The first-order valence-corrected chi connectivity index (χ1v) is 11.6. The third kappa shape index (κ3) is 6.61. The van der Waals surface area contributed by atoms with Crippen LogP contribution in [0.15, 0.2) is 23.1 Å². The van der Waals surface area contributed by atoms with Gasteiger partial charge in [0.05, 0.1) is 4.90 Å². The van der Waals surface area contributed by atoms with Gasteiger partial charge in [-0.1, -0.05) is 45.1 Å². The Hall–Kier alpha value is -1.40. The van der Waals surface area contributed by atoms with Crippen molar-refractivity contribution in [3.8, 4) is 0 Å². The lowest BCUT2D eigenvalue weighted by Gasteiger charge is -2.32. The van der Waals surface area contributed by atoms with Crippen molar-refractivity contribution >= 4 is 16.1 Å². The predicted molar refractivity (Wildman–Crippen MR) is 106 cm³/mol. The molecule has 0 spiro atoms. The van der Waals surface area contributed by atoms with Crippen LogP contribution in [0.3, 0.4) is 0 Å². The van der Waals surface area contributed by atoms with E-state index in [2.05, 4.69) is 6.92 Å². The van der Waals surface area contributed by atoms with Gasteiger partial charge in [-0.05, 0) is 67.2 Å². The Morgan fingerprint density at radius 3 is 2.22 bits per heavy atom. The van der Waals surface area contributed by atoms with Crippen molar-refractivity contribution in [3.63, 3.8) is 0 Å². The highest BCUT2D eigenvalue weighted by atomic mass is 32.2. The minimum atomic E-state index is -4.20. The summed E-state index contributed by atoms with van der Waals surface area (Å²) < 4.78 is 32.6. The molecule has 152 valence electrons. The van der Waals surface area contributed by atoms with E-state index in [1.165, 1.54) is 30.9 Å². The molecule has 1 aromatic carbocycles. The maximum atomic E-state index is 11.6. The normalized spacial score (nSPS) is 19.6. The van der Waals surface area contributed by atoms with Crippen molar-refractivity contribution in [2.24, 2.45) is 0 Å². The molecule has 2 unspecified atom stereocenters. The molecule has 0 amide bonds. The molecule has 0 fully saturated rings. The molecule has 5 nitrogen and oxygen atoms in total. The highest BCUT2D eigenvalue weighted by molar-refractivity contribution is 7.85. The van der Waals surface area contributed by atoms with Crippen LogP contribution in [0.1, 0.15) is 101 Å². The smallest absolute Gasteiger partial charge is 0.303 e. The van der Waals surface area contributed by atoms with E-state index in [0.717, 1.165) is 44.1 Å². The van der Waals surface area contributed by atoms with Gasteiger partial charge in [0.25, 0.3) is 10.1 Å². The molecule has 0 heterocycles. The molecule has 1 aliphatic rings. The molecule has 2 rings (SSSR count). The summed E-state index contributed by atoms with van der Waals surface area (Å²) in [4.78, 5) is 10.7. The lowest BCUT2D eigenvalue weighted by molar-refractivity contribution is -0.137. The molecular formula is C21H32O5S. The first-order valence-electron chi connectivity index (χ1n) is 10.2. The number of carbonyl (C=O) groups is 1. The number of hydrogen-bond donors (Lipinski definition) is 2. The minimum Gasteiger partial charge on any atom is -0.481 e. The van der Waals surface area contributed by atoms with Crippen LogP contribution in [-0.4, -0.2) is 24.0 Å². The van der Waals surface area contributed by atoms with Gasteiger partial charge in [-0.25, -0.2) is 0 Å². The number of unbranched alkanes of at least 4 members (excludes halogenated alkanes) is 4. The molecule has 0 saturated heterocycles. The Kier molecular flexibility index (Phi) is 8.29. The van der Waals surface area contributed by atoms with E-state index in [1.54, 1.807) is 6.07 Å².